The molecule has 1 atom stereocenters. The second-order valence-electron chi connectivity index (χ2n) is 9.72. The Balaban J connectivity index is 1.46. The van der Waals surface area contributed by atoms with E-state index >= 15 is 0 Å². The van der Waals surface area contributed by atoms with Gasteiger partial charge in [-0.1, -0.05) is 6.42 Å². The molecule has 0 aromatic carbocycles. The quantitative estimate of drug-likeness (QED) is 0.595. The largest absolute Gasteiger partial charge is 0.444 e. The predicted octanol–water partition coefficient (Wildman–Crippen LogP) is 0.651. The minimum atomic E-state index is -0.578. The number of carbonyl (C=O) groups is 3. The number of piperidine rings is 1. The standard InChI is InChI=1S/C22H36N6O5/c1-22(2,3)33-20(31)24-11-10-23-19(30)16-8-7-12-26(14-16)18(29)15-28-21(32)27-13-6-4-5-9-17(27)25-28/h16H,4-15H2,1-3H3,(H,23,30)(H,24,31). The molecule has 2 aliphatic heterocycles. The summed E-state index contributed by atoms with van der Waals surface area (Å²) in [5, 5.41) is 9.79. The molecular formula is C22H36N6O5. The summed E-state index contributed by atoms with van der Waals surface area (Å²) in [7, 11) is 0. The number of rotatable bonds is 6. The maximum atomic E-state index is 12.8. The zero-order valence-corrected chi connectivity index (χ0v) is 19.9. The molecule has 1 fully saturated rings. The van der Waals surface area contributed by atoms with Gasteiger partial charge in [0.2, 0.25) is 11.8 Å². The summed E-state index contributed by atoms with van der Waals surface area (Å²) in [5.74, 6) is 0.0830. The van der Waals surface area contributed by atoms with Gasteiger partial charge in [0.25, 0.3) is 0 Å². The predicted molar refractivity (Wildman–Crippen MR) is 121 cm³/mol. The van der Waals surface area contributed by atoms with E-state index in [-0.39, 0.29) is 43.1 Å². The molecule has 0 saturated carbocycles. The van der Waals surface area contributed by atoms with Gasteiger partial charge in [0.1, 0.15) is 18.0 Å². The van der Waals surface area contributed by atoms with E-state index in [2.05, 4.69) is 15.7 Å². The summed E-state index contributed by atoms with van der Waals surface area (Å²) < 4.78 is 8.09. The topological polar surface area (TPSA) is 128 Å². The first kappa shape index (κ1) is 24.8. The zero-order valence-electron chi connectivity index (χ0n) is 19.9. The molecule has 0 spiro atoms. The molecular weight excluding hydrogens is 428 g/mol. The number of alkyl carbamates (subject to hydrolysis) is 1. The van der Waals surface area contributed by atoms with Crippen molar-refractivity contribution in [3.63, 3.8) is 0 Å². The van der Waals surface area contributed by atoms with Gasteiger partial charge in [-0.25, -0.2) is 14.3 Å². The third-order valence-corrected chi connectivity index (χ3v) is 5.80. The molecule has 184 valence electrons. The number of ether oxygens (including phenoxy) is 1. The molecule has 11 heteroatoms. The Hall–Kier alpha value is -2.85. The summed E-state index contributed by atoms with van der Waals surface area (Å²) in [4.78, 5) is 51.3. The number of aromatic nitrogens is 3. The van der Waals surface area contributed by atoms with Crippen molar-refractivity contribution in [2.75, 3.05) is 26.2 Å². The molecule has 33 heavy (non-hydrogen) atoms. The van der Waals surface area contributed by atoms with Crippen molar-refractivity contribution >= 4 is 17.9 Å². The van der Waals surface area contributed by atoms with Crippen LogP contribution < -0.4 is 16.3 Å². The lowest BCUT2D eigenvalue weighted by Crippen LogP contribution is -2.48. The number of likely N-dealkylation sites (tertiary alicyclic amines) is 1. The number of nitrogens with one attached hydrogen (secondary N) is 2. The maximum Gasteiger partial charge on any atom is 0.407 e. The van der Waals surface area contributed by atoms with E-state index < -0.39 is 11.7 Å². The Morgan fingerprint density at radius 3 is 2.58 bits per heavy atom. The van der Waals surface area contributed by atoms with Crippen molar-refractivity contribution in [3.05, 3.63) is 16.3 Å². The molecule has 1 aromatic heterocycles. The van der Waals surface area contributed by atoms with Crippen LogP contribution in [0.1, 0.15) is 58.7 Å². The molecule has 3 rings (SSSR count). The van der Waals surface area contributed by atoms with Gasteiger partial charge < -0.3 is 20.3 Å². The average Bonchev–Trinajstić information content (AvgIpc) is 2.91. The molecule has 0 bridgehead atoms. The summed E-state index contributed by atoms with van der Waals surface area (Å²) in [6.07, 6.45) is 4.66. The Morgan fingerprint density at radius 2 is 1.82 bits per heavy atom. The third-order valence-electron chi connectivity index (χ3n) is 5.80. The number of hydrogen-bond donors (Lipinski definition) is 2. The minimum absolute atomic E-state index is 0.104. The fourth-order valence-electron chi connectivity index (χ4n) is 4.18. The van der Waals surface area contributed by atoms with E-state index in [1.165, 1.54) is 4.68 Å². The number of carbonyl (C=O) groups excluding carboxylic acids is 3. The van der Waals surface area contributed by atoms with Crippen molar-refractivity contribution in [1.82, 2.24) is 29.9 Å². The number of amides is 3. The highest BCUT2D eigenvalue weighted by Crippen LogP contribution is 2.17. The average molecular weight is 465 g/mol. The Morgan fingerprint density at radius 1 is 1.06 bits per heavy atom. The van der Waals surface area contributed by atoms with Gasteiger partial charge in [0.15, 0.2) is 0 Å². The van der Waals surface area contributed by atoms with Crippen LogP contribution in [0.5, 0.6) is 0 Å². The third kappa shape index (κ3) is 7.06. The van der Waals surface area contributed by atoms with Crippen LogP contribution in [-0.4, -0.2) is 68.9 Å². The van der Waals surface area contributed by atoms with Crippen LogP contribution in [0.15, 0.2) is 4.79 Å². The van der Waals surface area contributed by atoms with Gasteiger partial charge in [-0.2, -0.15) is 5.10 Å². The van der Waals surface area contributed by atoms with E-state index in [4.69, 9.17) is 4.74 Å². The van der Waals surface area contributed by atoms with Crippen LogP contribution in [-0.2, 0) is 33.8 Å². The SMILES string of the molecule is CC(C)(C)OC(=O)NCCNC(=O)C1CCCN(C(=O)Cn2nc3n(c2=O)CCCCC3)C1. The van der Waals surface area contributed by atoms with Crippen molar-refractivity contribution in [3.8, 4) is 0 Å². The molecule has 1 saturated heterocycles. The molecule has 3 heterocycles. The summed E-state index contributed by atoms with van der Waals surface area (Å²) in [6.45, 7) is 7.29. The number of fused-ring (bicyclic) bond motifs is 1. The Bertz CT molecular complexity index is 915. The number of hydrogen-bond acceptors (Lipinski definition) is 6. The smallest absolute Gasteiger partial charge is 0.407 e. The Labute approximate surface area is 193 Å². The number of nitrogens with zero attached hydrogens (tertiary/aromatic N) is 4. The van der Waals surface area contributed by atoms with Gasteiger partial charge in [-0.05, 0) is 46.5 Å². The molecule has 3 amide bonds. The lowest BCUT2D eigenvalue weighted by Gasteiger charge is -2.32. The highest BCUT2D eigenvalue weighted by molar-refractivity contribution is 5.81. The van der Waals surface area contributed by atoms with Gasteiger partial charge >= 0.3 is 11.8 Å². The van der Waals surface area contributed by atoms with Crippen LogP contribution in [0.2, 0.25) is 0 Å². The van der Waals surface area contributed by atoms with Crippen LogP contribution in [0.25, 0.3) is 0 Å². The molecule has 2 N–H and O–H groups in total. The highest BCUT2D eigenvalue weighted by atomic mass is 16.6. The van der Waals surface area contributed by atoms with Crippen LogP contribution in [0, 0.1) is 5.92 Å². The highest BCUT2D eigenvalue weighted by Gasteiger charge is 2.29. The van der Waals surface area contributed by atoms with Crippen LogP contribution in [0.4, 0.5) is 4.79 Å². The van der Waals surface area contributed by atoms with Gasteiger partial charge in [-0.15, -0.1) is 0 Å². The van der Waals surface area contributed by atoms with Crippen molar-refractivity contribution in [2.24, 2.45) is 5.92 Å². The van der Waals surface area contributed by atoms with E-state index in [0.717, 1.165) is 31.5 Å². The summed E-state index contributed by atoms with van der Waals surface area (Å²) in [6, 6.07) is 0. The zero-order chi connectivity index (χ0) is 24.0. The maximum absolute atomic E-state index is 12.8. The minimum Gasteiger partial charge on any atom is -0.444 e. The van der Waals surface area contributed by atoms with E-state index in [1.54, 1.807) is 30.2 Å². The lowest BCUT2D eigenvalue weighted by atomic mass is 9.97. The van der Waals surface area contributed by atoms with Crippen molar-refractivity contribution < 1.29 is 19.1 Å². The molecule has 0 radical (unpaired) electrons. The molecule has 1 unspecified atom stereocenters. The second kappa shape index (κ2) is 10.8. The molecule has 1 aromatic rings. The first-order valence-corrected chi connectivity index (χ1v) is 11.8. The number of aryl methyl sites for hydroxylation is 1. The van der Waals surface area contributed by atoms with E-state index in [0.29, 0.717) is 32.5 Å². The fourth-order valence-corrected chi connectivity index (χ4v) is 4.18. The monoisotopic (exact) mass is 464 g/mol. The second-order valence-corrected chi connectivity index (χ2v) is 9.72. The first-order chi connectivity index (χ1) is 15.6. The lowest BCUT2D eigenvalue weighted by molar-refractivity contribution is -0.136. The summed E-state index contributed by atoms with van der Waals surface area (Å²) >= 11 is 0. The first-order valence-electron chi connectivity index (χ1n) is 11.8. The van der Waals surface area contributed by atoms with E-state index in [9.17, 15) is 19.2 Å². The van der Waals surface area contributed by atoms with Gasteiger partial charge in [-0.3, -0.25) is 14.2 Å². The van der Waals surface area contributed by atoms with Crippen molar-refractivity contribution in [2.45, 2.75) is 78.0 Å². The normalized spacial score (nSPS) is 18.8. The van der Waals surface area contributed by atoms with E-state index in [1.807, 2.05) is 0 Å². The Kier molecular flexibility index (Phi) is 8.15. The van der Waals surface area contributed by atoms with Gasteiger partial charge in [0, 0.05) is 39.1 Å². The van der Waals surface area contributed by atoms with Gasteiger partial charge in [0.05, 0.1) is 5.92 Å². The van der Waals surface area contributed by atoms with Crippen LogP contribution >= 0.6 is 0 Å². The van der Waals surface area contributed by atoms with Crippen molar-refractivity contribution in [1.29, 1.82) is 0 Å². The molecule has 0 aliphatic carbocycles. The van der Waals surface area contributed by atoms with Crippen LogP contribution in [0.3, 0.4) is 0 Å². The molecule has 2 aliphatic rings. The fraction of sp³-hybridized carbons (Fsp3) is 0.773. The summed E-state index contributed by atoms with van der Waals surface area (Å²) in [5.41, 5.74) is -0.810. The molecule has 11 nitrogen and oxygen atoms in total.